The Labute approximate surface area is 144 Å². The van der Waals surface area contributed by atoms with Crippen LogP contribution in [0.25, 0.3) is 10.9 Å². The van der Waals surface area contributed by atoms with E-state index in [4.69, 9.17) is 0 Å². The molecule has 0 atom stereocenters. The third-order valence-electron chi connectivity index (χ3n) is 3.55. The highest BCUT2D eigenvalue weighted by Gasteiger charge is 2.33. The zero-order chi connectivity index (χ0) is 17.3. The van der Waals surface area contributed by atoms with Gasteiger partial charge in [0.05, 0.1) is 11.3 Å². The molecule has 7 heteroatoms. The number of benzene rings is 2. The Kier molecular flexibility index (Phi) is 4.36. The molecule has 0 fully saturated rings. The topological polar surface area (TPSA) is 34.0 Å². The van der Waals surface area contributed by atoms with Crippen LogP contribution in [0, 0.1) is 0 Å². The monoisotopic (exact) mass is 396 g/mol. The smallest absolute Gasteiger partial charge is 0.338 e. The van der Waals surface area contributed by atoms with E-state index in [2.05, 4.69) is 21.2 Å². The van der Waals surface area contributed by atoms with Gasteiger partial charge in [0.25, 0.3) is 0 Å². The molecule has 0 aliphatic rings. The number of fused-ring (bicyclic) bond motifs is 1. The van der Waals surface area contributed by atoms with Gasteiger partial charge in [0.2, 0.25) is 5.91 Å². The SMILES string of the molecule is O=C(Cn1ccc2cc(Br)ccc21)Nc1ccccc1C(F)(F)F. The second kappa shape index (κ2) is 6.32. The van der Waals surface area contributed by atoms with Crippen LogP contribution in [-0.2, 0) is 17.5 Å². The van der Waals surface area contributed by atoms with E-state index in [9.17, 15) is 18.0 Å². The highest BCUT2D eigenvalue weighted by molar-refractivity contribution is 9.10. The van der Waals surface area contributed by atoms with Crippen molar-refractivity contribution < 1.29 is 18.0 Å². The number of aromatic nitrogens is 1. The highest BCUT2D eigenvalue weighted by Crippen LogP contribution is 2.34. The first-order valence-corrected chi connectivity index (χ1v) is 7.84. The van der Waals surface area contributed by atoms with Crippen molar-refractivity contribution in [1.29, 1.82) is 0 Å². The number of amides is 1. The number of alkyl halides is 3. The summed E-state index contributed by atoms with van der Waals surface area (Å²) >= 11 is 3.37. The zero-order valence-corrected chi connectivity index (χ0v) is 13.9. The number of para-hydroxylation sites is 1. The van der Waals surface area contributed by atoms with Crippen LogP contribution in [-0.4, -0.2) is 10.5 Å². The molecule has 124 valence electrons. The lowest BCUT2D eigenvalue weighted by Gasteiger charge is -2.14. The van der Waals surface area contributed by atoms with Gasteiger partial charge in [0, 0.05) is 21.6 Å². The van der Waals surface area contributed by atoms with Gasteiger partial charge in [0.1, 0.15) is 6.54 Å². The van der Waals surface area contributed by atoms with Crippen LogP contribution >= 0.6 is 15.9 Å². The number of rotatable bonds is 3. The minimum Gasteiger partial charge on any atom is -0.338 e. The highest BCUT2D eigenvalue weighted by atomic mass is 79.9. The van der Waals surface area contributed by atoms with Crippen LogP contribution in [0.4, 0.5) is 18.9 Å². The lowest BCUT2D eigenvalue weighted by Crippen LogP contribution is -2.20. The molecule has 0 spiro atoms. The summed E-state index contributed by atoms with van der Waals surface area (Å²) in [7, 11) is 0. The number of nitrogens with one attached hydrogen (secondary N) is 1. The van der Waals surface area contributed by atoms with Crippen molar-refractivity contribution >= 4 is 38.4 Å². The fourth-order valence-electron chi connectivity index (χ4n) is 2.49. The van der Waals surface area contributed by atoms with Gasteiger partial charge in [-0.1, -0.05) is 28.1 Å². The Bertz CT molecular complexity index is 902. The first-order chi connectivity index (χ1) is 11.3. The van der Waals surface area contributed by atoms with Crippen LogP contribution in [0.3, 0.4) is 0 Å². The van der Waals surface area contributed by atoms with Gasteiger partial charge in [-0.3, -0.25) is 4.79 Å². The molecule has 3 aromatic rings. The summed E-state index contributed by atoms with van der Waals surface area (Å²) in [6, 6.07) is 12.4. The summed E-state index contributed by atoms with van der Waals surface area (Å²) in [5.41, 5.74) is -0.272. The van der Waals surface area contributed by atoms with Gasteiger partial charge in [-0.05, 0) is 36.4 Å². The molecule has 3 rings (SSSR count). The van der Waals surface area contributed by atoms with Crippen LogP contribution in [0.2, 0.25) is 0 Å². The molecule has 0 unspecified atom stereocenters. The summed E-state index contributed by atoms with van der Waals surface area (Å²) in [6.45, 7) is -0.0721. The molecule has 1 aromatic heterocycles. The summed E-state index contributed by atoms with van der Waals surface area (Å²) in [6.07, 6.45) is -2.79. The molecule has 0 saturated heterocycles. The third kappa shape index (κ3) is 3.46. The average molecular weight is 397 g/mol. The van der Waals surface area contributed by atoms with Gasteiger partial charge in [0.15, 0.2) is 0 Å². The van der Waals surface area contributed by atoms with Gasteiger partial charge >= 0.3 is 6.18 Å². The first kappa shape index (κ1) is 16.6. The molecular formula is C17H12BrF3N2O. The Morgan fingerprint density at radius 3 is 2.62 bits per heavy atom. The van der Waals surface area contributed by atoms with Gasteiger partial charge in [-0.2, -0.15) is 13.2 Å². The standard InChI is InChI=1S/C17H12BrF3N2O/c18-12-5-6-15-11(9-12)7-8-23(15)10-16(24)22-14-4-2-1-3-13(14)17(19,20)21/h1-9H,10H2,(H,22,24). The molecule has 0 radical (unpaired) electrons. The Morgan fingerprint density at radius 1 is 1.12 bits per heavy atom. The minimum atomic E-state index is -4.52. The van der Waals surface area contributed by atoms with Gasteiger partial charge in [-0.25, -0.2) is 0 Å². The van der Waals surface area contributed by atoms with E-state index in [1.54, 1.807) is 10.8 Å². The van der Waals surface area contributed by atoms with E-state index in [0.717, 1.165) is 21.4 Å². The minimum absolute atomic E-state index is 0.0721. The quantitative estimate of drug-likeness (QED) is 0.659. The second-order valence-electron chi connectivity index (χ2n) is 5.24. The normalized spacial score (nSPS) is 11.7. The molecule has 3 nitrogen and oxygen atoms in total. The van der Waals surface area contributed by atoms with Gasteiger partial charge in [-0.15, -0.1) is 0 Å². The van der Waals surface area contributed by atoms with Crippen molar-refractivity contribution in [3.05, 3.63) is 64.8 Å². The van der Waals surface area contributed by atoms with Crippen molar-refractivity contribution in [2.24, 2.45) is 0 Å². The van der Waals surface area contributed by atoms with Crippen molar-refractivity contribution in [2.75, 3.05) is 5.32 Å². The second-order valence-corrected chi connectivity index (χ2v) is 6.15. The molecule has 0 saturated carbocycles. The largest absolute Gasteiger partial charge is 0.418 e. The molecule has 0 aliphatic carbocycles. The first-order valence-electron chi connectivity index (χ1n) is 7.05. The number of hydrogen-bond acceptors (Lipinski definition) is 1. The number of anilines is 1. The molecule has 24 heavy (non-hydrogen) atoms. The molecule has 1 amide bonds. The van der Waals surface area contributed by atoms with Crippen LogP contribution < -0.4 is 5.32 Å². The maximum absolute atomic E-state index is 13.0. The predicted molar refractivity (Wildman–Crippen MR) is 89.7 cm³/mol. The molecule has 0 aliphatic heterocycles. The number of carbonyl (C=O) groups is 1. The molecule has 1 N–H and O–H groups in total. The number of hydrogen-bond donors (Lipinski definition) is 1. The fourth-order valence-corrected chi connectivity index (χ4v) is 2.87. The zero-order valence-electron chi connectivity index (χ0n) is 12.3. The molecule has 1 heterocycles. The van der Waals surface area contributed by atoms with Crippen LogP contribution in [0.5, 0.6) is 0 Å². The summed E-state index contributed by atoms with van der Waals surface area (Å²) in [5.74, 6) is -0.521. The number of carbonyl (C=O) groups excluding carboxylic acids is 1. The van der Waals surface area contributed by atoms with Crippen molar-refractivity contribution in [2.45, 2.75) is 12.7 Å². The van der Waals surface area contributed by atoms with E-state index in [1.165, 1.54) is 18.2 Å². The summed E-state index contributed by atoms with van der Waals surface area (Å²) in [4.78, 5) is 12.2. The van der Waals surface area contributed by atoms with E-state index < -0.39 is 17.6 Å². The Morgan fingerprint density at radius 2 is 1.88 bits per heavy atom. The molecular weight excluding hydrogens is 385 g/mol. The maximum Gasteiger partial charge on any atom is 0.418 e. The molecule has 2 aromatic carbocycles. The van der Waals surface area contributed by atoms with Crippen molar-refractivity contribution in [1.82, 2.24) is 4.57 Å². The average Bonchev–Trinajstić information content (AvgIpc) is 2.88. The van der Waals surface area contributed by atoms with Crippen LogP contribution in [0.1, 0.15) is 5.56 Å². The van der Waals surface area contributed by atoms with Crippen molar-refractivity contribution in [3.8, 4) is 0 Å². The maximum atomic E-state index is 13.0. The van der Waals surface area contributed by atoms with E-state index in [0.29, 0.717) is 0 Å². The predicted octanol–water partition coefficient (Wildman–Crippen LogP) is 5.06. The van der Waals surface area contributed by atoms with E-state index >= 15 is 0 Å². The van der Waals surface area contributed by atoms with Crippen LogP contribution in [0.15, 0.2) is 59.2 Å². The lowest BCUT2D eigenvalue weighted by atomic mass is 10.1. The Balaban J connectivity index is 1.81. The fraction of sp³-hybridized carbons (Fsp3) is 0.118. The van der Waals surface area contributed by atoms with Gasteiger partial charge < -0.3 is 9.88 Å². The third-order valence-corrected chi connectivity index (χ3v) is 4.05. The summed E-state index contributed by atoms with van der Waals surface area (Å²) < 4.78 is 41.5. The summed E-state index contributed by atoms with van der Waals surface area (Å²) in [5, 5.41) is 3.28. The van der Waals surface area contributed by atoms with E-state index in [-0.39, 0.29) is 12.2 Å². The number of halogens is 4. The Hall–Kier alpha value is -2.28. The van der Waals surface area contributed by atoms with E-state index in [1.807, 2.05) is 24.3 Å². The molecule has 0 bridgehead atoms. The number of nitrogens with zero attached hydrogens (tertiary/aromatic N) is 1. The van der Waals surface area contributed by atoms with Crippen molar-refractivity contribution in [3.63, 3.8) is 0 Å². The lowest BCUT2D eigenvalue weighted by molar-refractivity contribution is -0.137.